The monoisotopic (exact) mass is 162 g/mol. The summed E-state index contributed by atoms with van der Waals surface area (Å²) in [4.78, 5) is 0. The van der Waals surface area contributed by atoms with E-state index in [0.29, 0.717) is 5.82 Å². The normalized spacial score (nSPS) is 48.4. The van der Waals surface area contributed by atoms with Gasteiger partial charge >= 0.3 is 0 Å². The molecule has 0 N–H and O–H groups in total. The Bertz CT molecular complexity index is 155. The molecule has 2 saturated carbocycles. The molecule has 0 saturated heterocycles. The van der Waals surface area contributed by atoms with Crippen molar-refractivity contribution in [3.8, 4) is 0 Å². The van der Waals surface area contributed by atoms with Crippen molar-refractivity contribution < 1.29 is 0 Å². The van der Waals surface area contributed by atoms with Crippen molar-refractivity contribution in [3.05, 3.63) is 0 Å². The van der Waals surface area contributed by atoms with Crippen molar-refractivity contribution in [2.24, 2.45) is 17.8 Å². The molecule has 0 aliphatic heterocycles. The van der Waals surface area contributed by atoms with Gasteiger partial charge in [0.05, 0.1) is 7.85 Å². The molecular weight excluding hydrogens is 143 g/mol. The largest absolute Gasteiger partial charge is 0.0768 e. The zero-order valence-electron chi connectivity index (χ0n) is 8.13. The van der Waals surface area contributed by atoms with E-state index in [9.17, 15) is 0 Å². The zero-order valence-corrected chi connectivity index (χ0v) is 8.13. The molecule has 4 atom stereocenters. The lowest BCUT2D eigenvalue weighted by atomic mass is 9.84. The Balaban J connectivity index is 1.99. The average Bonchev–Trinajstić information content (AvgIpc) is 2.23. The highest BCUT2D eigenvalue weighted by atomic mass is 14.4. The Morgan fingerprint density at radius 3 is 2.58 bits per heavy atom. The molecule has 12 heavy (non-hydrogen) atoms. The van der Waals surface area contributed by atoms with E-state index in [4.69, 9.17) is 7.85 Å². The first-order valence-electron chi connectivity index (χ1n) is 5.51. The first kappa shape index (κ1) is 8.65. The van der Waals surface area contributed by atoms with Crippen LogP contribution in [-0.4, -0.2) is 7.85 Å². The minimum atomic E-state index is 0.533. The van der Waals surface area contributed by atoms with Crippen LogP contribution in [0.5, 0.6) is 0 Å². The first-order chi connectivity index (χ1) is 5.75. The van der Waals surface area contributed by atoms with Crippen LogP contribution in [0, 0.1) is 17.8 Å². The molecule has 2 fully saturated rings. The highest BCUT2D eigenvalue weighted by Crippen LogP contribution is 2.46. The van der Waals surface area contributed by atoms with Crippen LogP contribution >= 0.6 is 0 Å². The van der Waals surface area contributed by atoms with E-state index >= 15 is 0 Å². The fraction of sp³-hybridized carbons (Fsp3) is 1.00. The van der Waals surface area contributed by atoms with E-state index in [0.717, 1.165) is 17.8 Å². The van der Waals surface area contributed by atoms with Gasteiger partial charge in [-0.2, -0.15) is 0 Å². The topological polar surface area (TPSA) is 0 Å². The zero-order chi connectivity index (χ0) is 8.55. The van der Waals surface area contributed by atoms with Gasteiger partial charge in [0.25, 0.3) is 0 Å². The van der Waals surface area contributed by atoms with Gasteiger partial charge in [-0.05, 0) is 24.2 Å². The van der Waals surface area contributed by atoms with E-state index in [1.807, 2.05) is 0 Å². The van der Waals surface area contributed by atoms with Crippen molar-refractivity contribution >= 4 is 7.85 Å². The van der Waals surface area contributed by atoms with Crippen LogP contribution in [0.1, 0.15) is 45.4 Å². The van der Waals surface area contributed by atoms with E-state index in [1.54, 1.807) is 0 Å². The Morgan fingerprint density at radius 1 is 1.00 bits per heavy atom. The summed E-state index contributed by atoms with van der Waals surface area (Å²) in [6, 6.07) is 0. The number of hydrogen-bond acceptors (Lipinski definition) is 0. The number of fused-ring (bicyclic) bond motifs is 1. The molecule has 0 aromatic heterocycles. The third-order valence-electron chi connectivity index (χ3n) is 3.85. The second-order valence-corrected chi connectivity index (χ2v) is 5.02. The van der Waals surface area contributed by atoms with Crippen molar-refractivity contribution in [2.45, 2.75) is 51.3 Å². The maximum absolute atomic E-state index is 5.99. The molecule has 1 heteroatoms. The van der Waals surface area contributed by atoms with Crippen LogP contribution in [0.4, 0.5) is 0 Å². The minimum absolute atomic E-state index is 0.533. The van der Waals surface area contributed by atoms with Crippen LogP contribution in [-0.2, 0) is 0 Å². The Kier molecular flexibility index (Phi) is 2.48. The molecule has 0 amide bonds. The maximum Gasteiger partial charge on any atom is 0.0699 e. The third-order valence-corrected chi connectivity index (χ3v) is 3.85. The van der Waals surface area contributed by atoms with Gasteiger partial charge in [-0.25, -0.2) is 0 Å². The molecule has 0 heterocycles. The van der Waals surface area contributed by atoms with Crippen molar-refractivity contribution in [1.29, 1.82) is 0 Å². The van der Waals surface area contributed by atoms with E-state index in [-0.39, 0.29) is 0 Å². The molecule has 2 radical (unpaired) electrons. The molecular formula is C11H19B. The average molecular weight is 162 g/mol. The summed E-state index contributed by atoms with van der Waals surface area (Å²) in [7, 11) is 5.99. The smallest absolute Gasteiger partial charge is 0.0699 e. The molecule has 0 spiro atoms. The molecule has 0 bridgehead atoms. The standard InChI is InChI=1S/C11H19B/c1-8-3-2-4-9-6-11(12)7-10(9)5-8/h8-11H,2-7H2,1H3/t8?,9?,10?,11-/m1/s1. The molecule has 2 aliphatic rings. The molecule has 3 unspecified atom stereocenters. The maximum atomic E-state index is 5.99. The summed E-state index contributed by atoms with van der Waals surface area (Å²) in [5.74, 6) is 3.47. The molecule has 66 valence electrons. The summed E-state index contributed by atoms with van der Waals surface area (Å²) in [6.45, 7) is 2.41. The predicted octanol–water partition coefficient (Wildman–Crippen LogP) is 3.18. The Hall–Kier alpha value is 0.0649. The third kappa shape index (κ3) is 1.70. The lowest BCUT2D eigenvalue weighted by molar-refractivity contribution is 0.340. The van der Waals surface area contributed by atoms with Gasteiger partial charge in [0.2, 0.25) is 0 Å². The highest BCUT2D eigenvalue weighted by Gasteiger charge is 2.33. The van der Waals surface area contributed by atoms with Crippen LogP contribution in [0.15, 0.2) is 0 Å². The van der Waals surface area contributed by atoms with Crippen LogP contribution < -0.4 is 0 Å². The van der Waals surface area contributed by atoms with E-state index in [1.165, 1.54) is 38.5 Å². The van der Waals surface area contributed by atoms with Crippen LogP contribution in [0.25, 0.3) is 0 Å². The molecule has 2 rings (SSSR count). The van der Waals surface area contributed by atoms with Crippen molar-refractivity contribution in [3.63, 3.8) is 0 Å². The summed E-state index contributed by atoms with van der Waals surface area (Å²) < 4.78 is 0. The van der Waals surface area contributed by atoms with E-state index in [2.05, 4.69) is 6.92 Å². The molecule has 2 aliphatic carbocycles. The summed E-state index contributed by atoms with van der Waals surface area (Å²) in [5.41, 5.74) is 0. The van der Waals surface area contributed by atoms with Gasteiger partial charge < -0.3 is 0 Å². The highest BCUT2D eigenvalue weighted by molar-refractivity contribution is 6.11. The van der Waals surface area contributed by atoms with Crippen LogP contribution in [0.3, 0.4) is 0 Å². The van der Waals surface area contributed by atoms with Crippen molar-refractivity contribution in [1.82, 2.24) is 0 Å². The van der Waals surface area contributed by atoms with Gasteiger partial charge in [-0.15, -0.1) is 0 Å². The quantitative estimate of drug-likeness (QED) is 0.480. The molecule has 0 aromatic carbocycles. The fourth-order valence-electron chi connectivity index (χ4n) is 3.26. The van der Waals surface area contributed by atoms with E-state index < -0.39 is 0 Å². The van der Waals surface area contributed by atoms with Crippen molar-refractivity contribution in [2.75, 3.05) is 0 Å². The fourth-order valence-corrected chi connectivity index (χ4v) is 3.26. The molecule has 0 nitrogen and oxygen atoms in total. The lowest BCUT2D eigenvalue weighted by Gasteiger charge is -2.16. The minimum Gasteiger partial charge on any atom is -0.0768 e. The molecule has 0 aromatic rings. The predicted molar refractivity (Wildman–Crippen MR) is 53.4 cm³/mol. The van der Waals surface area contributed by atoms with Gasteiger partial charge in [0.15, 0.2) is 0 Å². The van der Waals surface area contributed by atoms with Gasteiger partial charge in [0, 0.05) is 0 Å². The second-order valence-electron chi connectivity index (χ2n) is 5.02. The number of rotatable bonds is 0. The van der Waals surface area contributed by atoms with Crippen LogP contribution in [0.2, 0.25) is 5.82 Å². The van der Waals surface area contributed by atoms with Gasteiger partial charge in [-0.3, -0.25) is 0 Å². The first-order valence-corrected chi connectivity index (χ1v) is 5.51. The SMILES string of the molecule is [B][C@@H]1CC2CCCC(C)CC2C1. The summed E-state index contributed by atoms with van der Waals surface area (Å²) >= 11 is 0. The number of hydrogen-bond donors (Lipinski definition) is 0. The second kappa shape index (κ2) is 3.43. The summed E-state index contributed by atoms with van der Waals surface area (Å²) in [5, 5.41) is 0. The van der Waals surface area contributed by atoms with Gasteiger partial charge in [0.1, 0.15) is 0 Å². The van der Waals surface area contributed by atoms with Gasteiger partial charge in [-0.1, -0.05) is 44.8 Å². The summed E-state index contributed by atoms with van der Waals surface area (Å²) in [6.07, 6.45) is 8.46. The Labute approximate surface area is 77.5 Å². The Morgan fingerprint density at radius 2 is 1.75 bits per heavy atom. The lowest BCUT2D eigenvalue weighted by Crippen LogP contribution is -2.07.